The Kier molecular flexibility index (Phi) is 2.54. The molecule has 0 bridgehead atoms. The minimum atomic E-state index is 0.153. The van der Waals surface area contributed by atoms with Gasteiger partial charge in [0.2, 0.25) is 0 Å². The average molecular weight is 215 g/mol. The monoisotopic (exact) mass is 215 g/mol. The Morgan fingerprint density at radius 1 is 1.19 bits per heavy atom. The summed E-state index contributed by atoms with van der Waals surface area (Å²) >= 11 is 0. The number of aromatic nitrogens is 3. The second-order valence-electron chi connectivity index (χ2n) is 5.05. The summed E-state index contributed by atoms with van der Waals surface area (Å²) in [4.78, 5) is 0. The summed E-state index contributed by atoms with van der Waals surface area (Å²) in [6, 6.07) is 6.32. The lowest BCUT2D eigenvalue weighted by Gasteiger charge is -2.23. The second-order valence-corrected chi connectivity index (χ2v) is 5.05. The van der Waals surface area contributed by atoms with Crippen LogP contribution in [0.1, 0.15) is 31.9 Å². The first-order chi connectivity index (χ1) is 7.50. The highest BCUT2D eigenvalue weighted by molar-refractivity contribution is 5.46. The van der Waals surface area contributed by atoms with Crippen LogP contribution in [0.4, 0.5) is 0 Å². The van der Waals surface area contributed by atoms with Gasteiger partial charge in [0.05, 0.1) is 18.1 Å². The van der Waals surface area contributed by atoms with Gasteiger partial charge in [0.1, 0.15) is 0 Å². The Morgan fingerprint density at radius 2 is 1.94 bits per heavy atom. The van der Waals surface area contributed by atoms with Crippen molar-refractivity contribution in [3.8, 4) is 5.69 Å². The largest absolute Gasteiger partial charge is 0.220 e. The van der Waals surface area contributed by atoms with E-state index < -0.39 is 0 Å². The zero-order valence-corrected chi connectivity index (χ0v) is 10.2. The van der Waals surface area contributed by atoms with Crippen molar-refractivity contribution in [3.63, 3.8) is 0 Å². The van der Waals surface area contributed by atoms with Gasteiger partial charge in [-0.15, -0.1) is 5.10 Å². The fourth-order valence-electron chi connectivity index (χ4n) is 2.02. The van der Waals surface area contributed by atoms with Gasteiger partial charge in [-0.05, 0) is 29.5 Å². The predicted molar refractivity (Wildman–Crippen MR) is 64.8 cm³/mol. The topological polar surface area (TPSA) is 30.7 Å². The molecule has 16 heavy (non-hydrogen) atoms. The van der Waals surface area contributed by atoms with Crippen LogP contribution >= 0.6 is 0 Å². The van der Waals surface area contributed by atoms with Crippen LogP contribution in [0.2, 0.25) is 0 Å². The molecule has 0 unspecified atom stereocenters. The molecule has 84 valence electrons. The van der Waals surface area contributed by atoms with Gasteiger partial charge < -0.3 is 0 Å². The van der Waals surface area contributed by atoms with Crippen molar-refractivity contribution in [1.29, 1.82) is 0 Å². The van der Waals surface area contributed by atoms with Crippen molar-refractivity contribution in [1.82, 2.24) is 15.0 Å². The molecular weight excluding hydrogens is 198 g/mol. The van der Waals surface area contributed by atoms with Gasteiger partial charge >= 0.3 is 0 Å². The van der Waals surface area contributed by atoms with Gasteiger partial charge in [0.15, 0.2) is 0 Å². The fraction of sp³-hybridized carbons (Fsp3) is 0.385. The molecule has 0 aliphatic heterocycles. The quantitative estimate of drug-likeness (QED) is 0.732. The first kappa shape index (κ1) is 10.9. The molecule has 0 spiro atoms. The Labute approximate surface area is 96.1 Å². The van der Waals surface area contributed by atoms with E-state index in [1.807, 2.05) is 10.9 Å². The number of nitrogens with zero attached hydrogens (tertiary/aromatic N) is 3. The van der Waals surface area contributed by atoms with E-state index in [0.717, 1.165) is 5.69 Å². The van der Waals surface area contributed by atoms with Crippen LogP contribution in [0.5, 0.6) is 0 Å². The van der Waals surface area contributed by atoms with Crippen molar-refractivity contribution in [2.24, 2.45) is 0 Å². The SMILES string of the molecule is Cc1c(-n2ccnn2)cccc1C(C)(C)C. The van der Waals surface area contributed by atoms with Crippen molar-refractivity contribution in [2.45, 2.75) is 33.1 Å². The van der Waals surface area contributed by atoms with Crippen LogP contribution in [0.3, 0.4) is 0 Å². The van der Waals surface area contributed by atoms with Crippen LogP contribution in [-0.2, 0) is 5.41 Å². The van der Waals surface area contributed by atoms with Crippen molar-refractivity contribution in [3.05, 3.63) is 41.7 Å². The van der Waals surface area contributed by atoms with E-state index in [2.05, 4.69) is 56.2 Å². The Balaban J connectivity index is 2.58. The van der Waals surface area contributed by atoms with Gasteiger partial charge in [-0.2, -0.15) is 0 Å². The van der Waals surface area contributed by atoms with Gasteiger partial charge in [0, 0.05) is 0 Å². The fourth-order valence-corrected chi connectivity index (χ4v) is 2.02. The third-order valence-corrected chi connectivity index (χ3v) is 2.78. The third kappa shape index (κ3) is 1.85. The first-order valence-electron chi connectivity index (χ1n) is 5.47. The van der Waals surface area contributed by atoms with Gasteiger partial charge in [-0.25, -0.2) is 4.68 Å². The Hall–Kier alpha value is -1.64. The number of hydrogen-bond acceptors (Lipinski definition) is 2. The Morgan fingerprint density at radius 3 is 2.50 bits per heavy atom. The molecule has 0 atom stereocenters. The highest BCUT2D eigenvalue weighted by Gasteiger charge is 2.18. The van der Waals surface area contributed by atoms with Crippen LogP contribution in [0.15, 0.2) is 30.6 Å². The van der Waals surface area contributed by atoms with Crippen molar-refractivity contribution < 1.29 is 0 Å². The number of benzene rings is 1. The summed E-state index contributed by atoms with van der Waals surface area (Å²) in [5, 5.41) is 7.88. The molecule has 0 radical (unpaired) electrons. The summed E-state index contributed by atoms with van der Waals surface area (Å²) in [5.41, 5.74) is 3.87. The summed E-state index contributed by atoms with van der Waals surface area (Å²) in [6.07, 6.45) is 3.57. The molecule has 0 saturated heterocycles. The minimum absolute atomic E-state index is 0.153. The molecule has 3 heteroatoms. The molecule has 1 aromatic carbocycles. The van der Waals surface area contributed by atoms with E-state index in [0.29, 0.717) is 0 Å². The molecule has 1 aromatic heterocycles. The Bertz CT molecular complexity index is 478. The number of rotatable bonds is 1. The molecule has 0 N–H and O–H groups in total. The van der Waals surface area contributed by atoms with Gasteiger partial charge in [0.25, 0.3) is 0 Å². The molecule has 0 aliphatic carbocycles. The van der Waals surface area contributed by atoms with Gasteiger partial charge in [-0.3, -0.25) is 0 Å². The van der Waals surface area contributed by atoms with Crippen molar-refractivity contribution in [2.75, 3.05) is 0 Å². The smallest absolute Gasteiger partial charge is 0.0697 e. The lowest BCUT2D eigenvalue weighted by molar-refractivity contribution is 0.584. The van der Waals surface area contributed by atoms with Crippen molar-refractivity contribution >= 4 is 0 Å². The van der Waals surface area contributed by atoms with Gasteiger partial charge in [-0.1, -0.05) is 38.1 Å². The van der Waals surface area contributed by atoms with E-state index >= 15 is 0 Å². The first-order valence-corrected chi connectivity index (χ1v) is 5.47. The normalized spacial score (nSPS) is 11.8. The maximum Gasteiger partial charge on any atom is 0.0697 e. The van der Waals surface area contributed by atoms with Crippen LogP contribution in [-0.4, -0.2) is 15.0 Å². The van der Waals surface area contributed by atoms with E-state index in [-0.39, 0.29) is 5.41 Å². The standard InChI is InChI=1S/C13H17N3/c1-10-11(13(2,3)4)6-5-7-12(10)16-9-8-14-15-16/h5-9H,1-4H3. The zero-order chi connectivity index (χ0) is 11.8. The van der Waals surface area contributed by atoms with E-state index in [1.165, 1.54) is 11.1 Å². The third-order valence-electron chi connectivity index (χ3n) is 2.78. The zero-order valence-electron chi connectivity index (χ0n) is 10.2. The van der Waals surface area contributed by atoms with Crippen LogP contribution < -0.4 is 0 Å². The number of hydrogen-bond donors (Lipinski definition) is 0. The van der Waals surface area contributed by atoms with E-state index in [1.54, 1.807) is 6.20 Å². The summed E-state index contributed by atoms with van der Waals surface area (Å²) in [7, 11) is 0. The highest BCUT2D eigenvalue weighted by atomic mass is 15.4. The molecule has 2 rings (SSSR count). The van der Waals surface area contributed by atoms with Crippen LogP contribution in [0.25, 0.3) is 5.69 Å². The highest BCUT2D eigenvalue weighted by Crippen LogP contribution is 2.28. The molecule has 0 amide bonds. The molecule has 0 fully saturated rings. The molecular formula is C13H17N3. The average Bonchev–Trinajstić information content (AvgIpc) is 2.69. The molecule has 0 aliphatic rings. The summed E-state index contributed by atoms with van der Waals surface area (Å²) in [6.45, 7) is 8.80. The van der Waals surface area contributed by atoms with E-state index in [9.17, 15) is 0 Å². The molecule has 2 aromatic rings. The molecule has 1 heterocycles. The predicted octanol–water partition coefficient (Wildman–Crippen LogP) is 2.87. The molecule has 0 saturated carbocycles. The summed E-state index contributed by atoms with van der Waals surface area (Å²) in [5.74, 6) is 0. The lowest BCUT2D eigenvalue weighted by Crippen LogP contribution is -2.14. The lowest BCUT2D eigenvalue weighted by atomic mass is 9.83. The minimum Gasteiger partial charge on any atom is -0.220 e. The van der Waals surface area contributed by atoms with E-state index in [4.69, 9.17) is 0 Å². The van der Waals surface area contributed by atoms with Crippen LogP contribution in [0, 0.1) is 6.92 Å². The second kappa shape index (κ2) is 3.74. The maximum absolute atomic E-state index is 4.04. The summed E-state index contributed by atoms with van der Waals surface area (Å²) < 4.78 is 1.81. The maximum atomic E-state index is 4.04. The molecule has 3 nitrogen and oxygen atoms in total.